The third-order valence-electron chi connectivity index (χ3n) is 17.0. The molecule has 10 atom stereocenters. The van der Waals surface area contributed by atoms with Crippen LogP contribution in [0.3, 0.4) is 0 Å². The van der Waals surface area contributed by atoms with Gasteiger partial charge in [0.15, 0.2) is 0 Å². The zero-order chi connectivity index (χ0) is 52.3. The molecule has 5 heteroatoms. The lowest BCUT2D eigenvalue weighted by atomic mass is 9.87. The zero-order valence-electron chi connectivity index (χ0n) is 48.4. The summed E-state index contributed by atoms with van der Waals surface area (Å²) >= 11 is 0. The summed E-state index contributed by atoms with van der Waals surface area (Å²) in [5.41, 5.74) is 4.33. The Morgan fingerprint density at radius 1 is 0.543 bits per heavy atom. The highest BCUT2D eigenvalue weighted by Gasteiger charge is 2.34. The number of carbonyl (C=O) groups is 4. The lowest BCUT2D eigenvalue weighted by Gasteiger charge is -2.18. The SMILES string of the molecule is CC(C)=CCC/C(C)=C/CC/C(C)=C/CC1CCCC1=O.CCC(C)CCCC(C)CCC1CCCC1=O.CCC(C)CCCC(C)CCC1CCCC1O.CCCCCC1C(=O)CCC1CC(C)=O. The maximum atomic E-state index is 11.6. The number of Topliss-reactive ketones (excluding diaryl/α,β-unsaturated/α-hetero) is 4. The molecule has 1 N–H and O–H groups in total. The molecule has 0 aromatic heterocycles. The minimum Gasteiger partial charge on any atom is -0.393 e. The van der Waals surface area contributed by atoms with Crippen LogP contribution in [0.25, 0.3) is 0 Å². The number of allylic oxidation sites excluding steroid dienone is 6. The van der Waals surface area contributed by atoms with Crippen LogP contribution >= 0.6 is 0 Å². The minimum atomic E-state index is 0.0160. The number of rotatable bonds is 30. The van der Waals surface area contributed by atoms with Gasteiger partial charge in [-0.05, 0) is 166 Å². The van der Waals surface area contributed by atoms with Crippen LogP contribution in [0.15, 0.2) is 34.9 Å². The predicted molar refractivity (Wildman–Crippen MR) is 302 cm³/mol. The largest absolute Gasteiger partial charge is 0.393 e. The fourth-order valence-electron chi connectivity index (χ4n) is 11.3. The van der Waals surface area contributed by atoms with E-state index < -0.39 is 0 Å². The summed E-state index contributed by atoms with van der Waals surface area (Å²) in [7, 11) is 0. The summed E-state index contributed by atoms with van der Waals surface area (Å²) in [4.78, 5) is 45.8. The second-order valence-corrected chi connectivity index (χ2v) is 24.1. The lowest BCUT2D eigenvalue weighted by Crippen LogP contribution is -2.17. The summed E-state index contributed by atoms with van der Waals surface area (Å²) in [6.07, 6.45) is 45.0. The summed E-state index contributed by atoms with van der Waals surface area (Å²) in [6, 6.07) is 0. The fourth-order valence-corrected chi connectivity index (χ4v) is 11.3. The number of hydrogen-bond donors (Lipinski definition) is 1. The molecule has 0 heterocycles. The van der Waals surface area contributed by atoms with Crippen molar-refractivity contribution in [2.24, 2.45) is 53.3 Å². The molecule has 4 saturated carbocycles. The van der Waals surface area contributed by atoms with Crippen LogP contribution in [0.2, 0.25) is 0 Å². The van der Waals surface area contributed by atoms with Gasteiger partial charge in [0.05, 0.1) is 6.10 Å². The van der Waals surface area contributed by atoms with Gasteiger partial charge in [0.1, 0.15) is 23.1 Å². The molecule has 0 aliphatic heterocycles. The first-order valence-corrected chi connectivity index (χ1v) is 30.1. The topological polar surface area (TPSA) is 88.5 Å². The van der Waals surface area contributed by atoms with E-state index in [1.54, 1.807) is 6.92 Å². The van der Waals surface area contributed by atoms with E-state index in [2.05, 4.69) is 94.4 Å². The molecule has 4 aliphatic carbocycles. The standard InChI is InChI=1S/C20H32O.C16H32O.C16H30O.C13H22O2/c1-16(2)8-5-9-17(3)10-6-11-18(4)14-15-19-12-7-13-20(19)21;2*1-4-13(2)7-5-8-14(3)11-12-15-9-6-10-16(15)17;1-3-4-5-6-12-11(9-10(2)14)7-8-13(12)15/h8,10,14,19H,5-7,9,11-13,15H2,1-4H3;13-17H,4-12H2,1-3H3;13-15H,4-12H2,1-3H3;11-12H,3-9H2,1-2H3/b17-10+,18-14+;;;. The molecule has 0 saturated heterocycles. The second-order valence-electron chi connectivity index (χ2n) is 24.1. The van der Waals surface area contributed by atoms with Crippen molar-refractivity contribution in [1.29, 1.82) is 0 Å². The molecule has 0 amide bonds. The van der Waals surface area contributed by atoms with E-state index in [1.165, 1.54) is 126 Å². The molecule has 0 radical (unpaired) electrons. The van der Waals surface area contributed by atoms with Crippen LogP contribution in [0.1, 0.15) is 295 Å². The van der Waals surface area contributed by atoms with Gasteiger partial charge in [-0.25, -0.2) is 0 Å². The normalized spacial score (nSPS) is 24.2. The van der Waals surface area contributed by atoms with Gasteiger partial charge in [0.2, 0.25) is 0 Å². The Labute approximate surface area is 434 Å². The molecule has 5 nitrogen and oxygen atoms in total. The molecule has 406 valence electrons. The molecule has 4 fully saturated rings. The van der Waals surface area contributed by atoms with E-state index >= 15 is 0 Å². The molecule has 0 aromatic carbocycles. The predicted octanol–water partition coefficient (Wildman–Crippen LogP) is 19.1. The Kier molecular flexibility index (Phi) is 37.9. The summed E-state index contributed by atoms with van der Waals surface area (Å²) < 4.78 is 0. The average molecular weight is 978 g/mol. The molecule has 0 aromatic rings. The molecule has 4 rings (SSSR count). The Balaban J connectivity index is 0.000000470. The first kappa shape index (κ1) is 65.9. The first-order chi connectivity index (χ1) is 33.4. The van der Waals surface area contributed by atoms with Crippen molar-refractivity contribution >= 4 is 23.1 Å². The van der Waals surface area contributed by atoms with Crippen molar-refractivity contribution in [3.05, 3.63) is 34.9 Å². The van der Waals surface area contributed by atoms with E-state index in [0.29, 0.717) is 53.9 Å². The molecule has 0 bridgehead atoms. The Hall–Kier alpha value is -2.14. The fraction of sp³-hybridized carbons (Fsp3) is 0.846. The molecular weight excluding hydrogens is 861 g/mol. The van der Waals surface area contributed by atoms with E-state index in [1.807, 2.05) is 0 Å². The lowest BCUT2D eigenvalue weighted by molar-refractivity contribution is -0.122. The van der Waals surface area contributed by atoms with Crippen molar-refractivity contribution < 1.29 is 24.3 Å². The van der Waals surface area contributed by atoms with Gasteiger partial charge in [-0.1, -0.05) is 173 Å². The summed E-state index contributed by atoms with van der Waals surface area (Å²) in [6.45, 7) is 26.6. The highest BCUT2D eigenvalue weighted by Crippen LogP contribution is 2.36. The van der Waals surface area contributed by atoms with Gasteiger partial charge >= 0.3 is 0 Å². The number of hydrogen-bond acceptors (Lipinski definition) is 5. The third kappa shape index (κ3) is 32.1. The van der Waals surface area contributed by atoms with E-state index in [0.717, 1.165) is 114 Å². The molecule has 4 aliphatic rings. The Bertz CT molecular complexity index is 1500. The third-order valence-corrected chi connectivity index (χ3v) is 17.0. The monoisotopic (exact) mass is 977 g/mol. The van der Waals surface area contributed by atoms with Crippen LogP contribution < -0.4 is 0 Å². The van der Waals surface area contributed by atoms with E-state index in [9.17, 15) is 24.3 Å². The van der Waals surface area contributed by atoms with Crippen molar-refractivity contribution in [2.45, 2.75) is 301 Å². The van der Waals surface area contributed by atoms with Crippen molar-refractivity contribution in [1.82, 2.24) is 0 Å². The van der Waals surface area contributed by atoms with E-state index in [4.69, 9.17) is 0 Å². The number of aliphatic hydroxyl groups excluding tert-OH is 1. The van der Waals surface area contributed by atoms with Crippen LogP contribution in [-0.2, 0) is 19.2 Å². The zero-order valence-corrected chi connectivity index (χ0v) is 48.4. The van der Waals surface area contributed by atoms with Gasteiger partial charge in [-0.15, -0.1) is 0 Å². The van der Waals surface area contributed by atoms with Crippen molar-refractivity contribution in [3.63, 3.8) is 0 Å². The highest BCUT2D eigenvalue weighted by molar-refractivity contribution is 5.85. The molecule has 10 unspecified atom stereocenters. The summed E-state index contributed by atoms with van der Waals surface area (Å²) in [5, 5.41) is 9.78. The molecule has 0 spiro atoms. The minimum absolute atomic E-state index is 0.0160. The summed E-state index contributed by atoms with van der Waals surface area (Å²) in [5.74, 6) is 7.02. The van der Waals surface area contributed by atoms with Crippen LogP contribution in [0.4, 0.5) is 0 Å². The number of unbranched alkanes of at least 4 members (excludes halogenated alkanes) is 2. The Morgan fingerprint density at radius 2 is 1.09 bits per heavy atom. The van der Waals surface area contributed by atoms with Gasteiger partial charge in [0.25, 0.3) is 0 Å². The maximum Gasteiger partial charge on any atom is 0.136 e. The molecule has 70 heavy (non-hydrogen) atoms. The quantitative estimate of drug-likeness (QED) is 0.0572. The highest BCUT2D eigenvalue weighted by atomic mass is 16.3. The van der Waals surface area contributed by atoms with Gasteiger partial charge in [0, 0.05) is 43.4 Å². The molecular formula is C65H116O5. The van der Waals surface area contributed by atoms with Crippen LogP contribution in [-0.4, -0.2) is 34.3 Å². The van der Waals surface area contributed by atoms with Gasteiger partial charge in [-0.3, -0.25) is 14.4 Å². The average Bonchev–Trinajstić information content (AvgIpc) is 4.13. The van der Waals surface area contributed by atoms with Gasteiger partial charge in [-0.2, -0.15) is 0 Å². The number of carbonyl (C=O) groups excluding carboxylic acids is 4. The first-order valence-electron chi connectivity index (χ1n) is 30.1. The smallest absolute Gasteiger partial charge is 0.136 e. The van der Waals surface area contributed by atoms with E-state index in [-0.39, 0.29) is 17.8 Å². The van der Waals surface area contributed by atoms with Gasteiger partial charge < -0.3 is 9.90 Å². The number of aliphatic hydroxyl groups is 1. The van der Waals surface area contributed by atoms with Crippen LogP contribution in [0.5, 0.6) is 0 Å². The Morgan fingerprint density at radius 3 is 1.59 bits per heavy atom. The maximum absolute atomic E-state index is 11.6. The van der Waals surface area contributed by atoms with Crippen LogP contribution in [0, 0.1) is 53.3 Å². The van der Waals surface area contributed by atoms with Crippen molar-refractivity contribution in [2.75, 3.05) is 0 Å². The van der Waals surface area contributed by atoms with Crippen molar-refractivity contribution in [3.8, 4) is 0 Å². The number of ketones is 4. The second kappa shape index (κ2) is 40.3.